The topological polar surface area (TPSA) is 63.1 Å². The van der Waals surface area contributed by atoms with E-state index in [4.69, 9.17) is 0 Å². The molecule has 0 bridgehead atoms. The Bertz CT molecular complexity index is 731. The number of anilines is 2. The Morgan fingerprint density at radius 3 is 2.14 bits per heavy atom. The molecule has 2 rings (SSSR count). The van der Waals surface area contributed by atoms with E-state index in [0.29, 0.717) is 5.69 Å². The molecule has 0 aliphatic rings. The number of hydrogen-bond donors (Lipinski definition) is 2. The first-order chi connectivity index (χ1) is 9.76. The van der Waals surface area contributed by atoms with Gasteiger partial charge in [-0.05, 0) is 49.7 Å². The minimum absolute atomic E-state index is 0.565. The quantitative estimate of drug-likeness (QED) is 0.892. The minimum atomic E-state index is -3.23. The molecular weight excluding hydrogens is 286 g/mol. The van der Waals surface area contributed by atoms with Crippen LogP contribution in [0.5, 0.6) is 0 Å². The zero-order valence-electron chi connectivity index (χ0n) is 12.8. The van der Waals surface area contributed by atoms with Gasteiger partial charge in [-0.3, -0.25) is 4.72 Å². The van der Waals surface area contributed by atoms with E-state index in [9.17, 15) is 8.42 Å². The first kappa shape index (κ1) is 15.4. The first-order valence-electron chi connectivity index (χ1n) is 6.70. The maximum atomic E-state index is 11.1. The van der Waals surface area contributed by atoms with Crippen LogP contribution in [-0.2, 0) is 23.6 Å². The Morgan fingerprint density at radius 1 is 1.10 bits per heavy atom. The summed E-state index contributed by atoms with van der Waals surface area (Å²) in [5, 5.41) is 3.34. The highest BCUT2D eigenvalue weighted by atomic mass is 32.2. The van der Waals surface area contributed by atoms with E-state index in [1.165, 1.54) is 17.0 Å². The summed E-state index contributed by atoms with van der Waals surface area (Å²) < 4.78 is 26.9. The fourth-order valence-electron chi connectivity index (χ4n) is 2.18. The second kappa shape index (κ2) is 5.81. The third-order valence-electron chi connectivity index (χ3n) is 3.55. The van der Waals surface area contributed by atoms with Crippen LogP contribution in [-0.4, -0.2) is 19.2 Å². The highest BCUT2D eigenvalue weighted by molar-refractivity contribution is 7.92. The van der Waals surface area contributed by atoms with Crippen molar-refractivity contribution in [3.8, 4) is 0 Å². The van der Waals surface area contributed by atoms with Crippen molar-refractivity contribution in [2.45, 2.75) is 20.4 Å². The van der Waals surface area contributed by atoms with E-state index in [1.54, 1.807) is 12.1 Å². The van der Waals surface area contributed by atoms with E-state index in [1.807, 2.05) is 12.1 Å². The van der Waals surface area contributed by atoms with Crippen LogP contribution in [0.1, 0.15) is 17.0 Å². The molecule has 0 saturated heterocycles. The lowest BCUT2D eigenvalue weighted by molar-refractivity contribution is 0.607. The molecule has 0 aliphatic heterocycles. The van der Waals surface area contributed by atoms with Gasteiger partial charge in [0.25, 0.3) is 0 Å². The lowest BCUT2D eigenvalue weighted by Crippen LogP contribution is -2.09. The van der Waals surface area contributed by atoms with Crippen molar-refractivity contribution in [1.29, 1.82) is 0 Å². The van der Waals surface area contributed by atoms with Crippen molar-refractivity contribution in [3.63, 3.8) is 0 Å². The highest BCUT2D eigenvalue weighted by Gasteiger charge is 2.06. The molecule has 1 aromatic heterocycles. The summed E-state index contributed by atoms with van der Waals surface area (Å²) in [4.78, 5) is 0. The maximum Gasteiger partial charge on any atom is 0.229 e. The third-order valence-corrected chi connectivity index (χ3v) is 4.16. The van der Waals surface area contributed by atoms with Gasteiger partial charge in [-0.15, -0.1) is 0 Å². The van der Waals surface area contributed by atoms with Gasteiger partial charge in [0.1, 0.15) is 0 Å². The Balaban J connectivity index is 2.02. The van der Waals surface area contributed by atoms with Crippen LogP contribution in [0.25, 0.3) is 0 Å². The second-order valence-corrected chi connectivity index (χ2v) is 7.01. The first-order valence-corrected chi connectivity index (χ1v) is 8.59. The number of hydrogen-bond acceptors (Lipinski definition) is 3. The summed E-state index contributed by atoms with van der Waals surface area (Å²) in [6.45, 7) is 4.93. The van der Waals surface area contributed by atoms with Gasteiger partial charge in [0, 0.05) is 36.4 Å². The van der Waals surface area contributed by atoms with Gasteiger partial charge >= 0.3 is 0 Å². The van der Waals surface area contributed by atoms with Crippen molar-refractivity contribution in [1.82, 2.24) is 4.57 Å². The van der Waals surface area contributed by atoms with Crippen LogP contribution in [0.3, 0.4) is 0 Å². The van der Waals surface area contributed by atoms with E-state index in [2.05, 4.69) is 41.6 Å². The number of nitrogens with one attached hydrogen (secondary N) is 2. The predicted octanol–water partition coefficient (Wildman–Crippen LogP) is 2.63. The van der Waals surface area contributed by atoms with Gasteiger partial charge in [-0.25, -0.2) is 8.42 Å². The van der Waals surface area contributed by atoms with Gasteiger partial charge in [-0.2, -0.15) is 0 Å². The number of aromatic nitrogens is 1. The normalized spacial score (nSPS) is 11.4. The highest BCUT2D eigenvalue weighted by Crippen LogP contribution is 2.18. The van der Waals surface area contributed by atoms with E-state index in [-0.39, 0.29) is 0 Å². The molecule has 21 heavy (non-hydrogen) atoms. The smallest absolute Gasteiger partial charge is 0.229 e. The van der Waals surface area contributed by atoms with Crippen LogP contribution in [0.2, 0.25) is 0 Å². The zero-order valence-corrected chi connectivity index (χ0v) is 13.6. The molecule has 2 N–H and O–H groups in total. The standard InChI is InChI=1S/C15H21N3O2S/c1-11-9-13(12(2)18(11)3)10-16-14-5-7-15(8-6-14)17-21(4,19)20/h5-9,16-17H,10H2,1-4H3. The summed E-state index contributed by atoms with van der Waals surface area (Å²) in [5.41, 5.74) is 5.26. The lowest BCUT2D eigenvalue weighted by Gasteiger charge is -2.08. The molecule has 114 valence electrons. The van der Waals surface area contributed by atoms with Crippen LogP contribution in [0.4, 0.5) is 11.4 Å². The van der Waals surface area contributed by atoms with Crippen molar-refractivity contribution in [2.24, 2.45) is 7.05 Å². The second-order valence-electron chi connectivity index (χ2n) is 5.26. The fourth-order valence-corrected chi connectivity index (χ4v) is 2.74. The minimum Gasteiger partial charge on any atom is -0.381 e. The predicted molar refractivity (Wildman–Crippen MR) is 87.1 cm³/mol. The monoisotopic (exact) mass is 307 g/mol. The van der Waals surface area contributed by atoms with E-state index >= 15 is 0 Å². The molecule has 2 aromatic rings. The molecule has 0 atom stereocenters. The van der Waals surface area contributed by atoms with Gasteiger partial charge in [0.2, 0.25) is 10.0 Å². The molecule has 0 fully saturated rings. The molecule has 1 heterocycles. The van der Waals surface area contributed by atoms with Crippen molar-refractivity contribution in [2.75, 3.05) is 16.3 Å². The molecular formula is C15H21N3O2S. The van der Waals surface area contributed by atoms with E-state index < -0.39 is 10.0 Å². The largest absolute Gasteiger partial charge is 0.381 e. The molecule has 6 heteroatoms. The summed E-state index contributed by atoms with van der Waals surface area (Å²) in [6.07, 6.45) is 1.14. The van der Waals surface area contributed by atoms with Crippen LogP contribution >= 0.6 is 0 Å². The lowest BCUT2D eigenvalue weighted by atomic mass is 10.2. The molecule has 0 unspecified atom stereocenters. The Kier molecular flexibility index (Phi) is 4.27. The van der Waals surface area contributed by atoms with Gasteiger partial charge < -0.3 is 9.88 Å². The summed E-state index contributed by atoms with van der Waals surface area (Å²) in [7, 11) is -1.17. The molecule has 5 nitrogen and oxygen atoms in total. The Labute approximate surface area is 126 Å². The molecule has 0 amide bonds. The fraction of sp³-hybridized carbons (Fsp3) is 0.333. The molecule has 1 aromatic carbocycles. The SMILES string of the molecule is Cc1cc(CNc2ccc(NS(C)(=O)=O)cc2)c(C)n1C. The van der Waals surface area contributed by atoms with Crippen LogP contribution in [0, 0.1) is 13.8 Å². The third kappa shape index (κ3) is 4.01. The Morgan fingerprint density at radius 2 is 1.67 bits per heavy atom. The van der Waals surface area contributed by atoms with Crippen molar-refractivity contribution < 1.29 is 8.42 Å². The molecule has 0 radical (unpaired) electrons. The van der Waals surface area contributed by atoms with Gasteiger partial charge in [0.15, 0.2) is 0 Å². The summed E-state index contributed by atoms with van der Waals surface area (Å²) >= 11 is 0. The van der Waals surface area contributed by atoms with Crippen molar-refractivity contribution >= 4 is 21.4 Å². The number of rotatable bonds is 5. The number of benzene rings is 1. The van der Waals surface area contributed by atoms with Crippen LogP contribution in [0.15, 0.2) is 30.3 Å². The average molecular weight is 307 g/mol. The molecule has 0 aliphatic carbocycles. The molecule has 0 spiro atoms. The van der Waals surface area contributed by atoms with Gasteiger partial charge in [-0.1, -0.05) is 0 Å². The average Bonchev–Trinajstić information content (AvgIpc) is 2.64. The number of sulfonamides is 1. The summed E-state index contributed by atoms with van der Waals surface area (Å²) in [6, 6.07) is 9.37. The maximum absolute atomic E-state index is 11.1. The molecule has 0 saturated carbocycles. The number of nitrogens with zero attached hydrogens (tertiary/aromatic N) is 1. The Hall–Kier alpha value is -1.95. The number of aryl methyl sites for hydroxylation is 1. The summed E-state index contributed by atoms with van der Waals surface area (Å²) in [5.74, 6) is 0. The van der Waals surface area contributed by atoms with E-state index in [0.717, 1.165) is 18.5 Å². The van der Waals surface area contributed by atoms with Crippen molar-refractivity contribution in [3.05, 3.63) is 47.3 Å². The van der Waals surface area contributed by atoms with Gasteiger partial charge in [0.05, 0.1) is 6.26 Å². The zero-order chi connectivity index (χ0) is 15.6. The van der Waals surface area contributed by atoms with Crippen LogP contribution < -0.4 is 10.0 Å².